The molecule has 1 N–H and O–H groups in total. The van der Waals surface area contributed by atoms with Gasteiger partial charge in [-0.2, -0.15) is 0 Å². The van der Waals surface area contributed by atoms with Gasteiger partial charge in [0.05, 0.1) is 18.0 Å². The molecular formula is C20H26N4O2S. The lowest BCUT2D eigenvalue weighted by atomic mass is 9.73. The Morgan fingerprint density at radius 3 is 3.11 bits per heavy atom. The predicted molar refractivity (Wildman–Crippen MR) is 104 cm³/mol. The molecule has 3 aliphatic rings. The van der Waals surface area contributed by atoms with Crippen molar-refractivity contribution in [2.45, 2.75) is 38.0 Å². The number of carbonyl (C=O) groups excluding carboxylic acids is 1. The number of fused-ring (bicyclic) bond motifs is 1. The Balaban J connectivity index is 1.24. The van der Waals surface area contributed by atoms with Gasteiger partial charge in [0, 0.05) is 61.0 Å². The monoisotopic (exact) mass is 386 g/mol. The van der Waals surface area contributed by atoms with E-state index in [9.17, 15) is 4.79 Å². The van der Waals surface area contributed by atoms with Gasteiger partial charge in [0.2, 0.25) is 0 Å². The summed E-state index contributed by atoms with van der Waals surface area (Å²) in [5.41, 5.74) is 0.495. The molecule has 3 saturated heterocycles. The summed E-state index contributed by atoms with van der Waals surface area (Å²) in [6.45, 7) is 5.94. The van der Waals surface area contributed by atoms with Gasteiger partial charge in [-0.25, -0.2) is 4.98 Å². The average molecular weight is 387 g/mol. The maximum atomic E-state index is 12.4. The molecule has 5 rings (SSSR count). The van der Waals surface area contributed by atoms with Gasteiger partial charge in [-0.15, -0.1) is 11.3 Å². The number of hydrogen-bond donors (Lipinski definition) is 1. The van der Waals surface area contributed by atoms with E-state index < -0.39 is 0 Å². The van der Waals surface area contributed by atoms with E-state index in [0.29, 0.717) is 30.2 Å². The van der Waals surface area contributed by atoms with E-state index in [1.165, 1.54) is 9.75 Å². The van der Waals surface area contributed by atoms with Crippen LogP contribution in [0.3, 0.4) is 0 Å². The molecule has 2 aromatic rings. The van der Waals surface area contributed by atoms with E-state index in [0.717, 1.165) is 32.5 Å². The van der Waals surface area contributed by atoms with Gasteiger partial charge in [-0.3, -0.25) is 9.69 Å². The normalized spacial score (nSPS) is 32.1. The van der Waals surface area contributed by atoms with Crippen LogP contribution < -0.4 is 5.32 Å². The Hall–Kier alpha value is -1.70. The molecule has 7 heteroatoms. The van der Waals surface area contributed by atoms with E-state index in [1.54, 1.807) is 17.1 Å². The SMILES string of the molecule is Cc1ccc(CN2C[C@@H]3[C@H](CNC(=O)c4cn(C)cn4)[C@H]4CC[C@]3(C2)O4)s1. The summed E-state index contributed by atoms with van der Waals surface area (Å²) in [6, 6.07) is 4.45. The molecule has 144 valence electrons. The second-order valence-corrected chi connectivity index (χ2v) is 9.72. The zero-order chi connectivity index (χ0) is 18.6. The molecule has 2 bridgehead atoms. The highest BCUT2D eigenvalue weighted by Crippen LogP contribution is 2.54. The minimum Gasteiger partial charge on any atom is -0.370 e. The minimum atomic E-state index is -0.0867. The molecule has 5 heterocycles. The van der Waals surface area contributed by atoms with Crippen LogP contribution in [0.15, 0.2) is 24.7 Å². The minimum absolute atomic E-state index is 0.0113. The topological polar surface area (TPSA) is 59.4 Å². The maximum Gasteiger partial charge on any atom is 0.271 e. The summed E-state index contributed by atoms with van der Waals surface area (Å²) in [5, 5.41) is 3.11. The molecule has 0 aromatic carbocycles. The van der Waals surface area contributed by atoms with E-state index in [-0.39, 0.29) is 11.5 Å². The number of likely N-dealkylation sites (tertiary alicyclic amines) is 1. The molecule has 1 spiro atoms. The quantitative estimate of drug-likeness (QED) is 0.856. The number of aromatic nitrogens is 2. The maximum absolute atomic E-state index is 12.4. The summed E-state index contributed by atoms with van der Waals surface area (Å²) in [4.78, 5) is 21.9. The largest absolute Gasteiger partial charge is 0.370 e. The van der Waals surface area contributed by atoms with Crippen LogP contribution in [0.25, 0.3) is 0 Å². The Morgan fingerprint density at radius 2 is 2.37 bits per heavy atom. The molecule has 6 nitrogen and oxygen atoms in total. The Morgan fingerprint density at radius 1 is 1.48 bits per heavy atom. The molecule has 0 aliphatic carbocycles. The second kappa shape index (κ2) is 6.43. The Kier molecular flexibility index (Phi) is 4.14. The molecule has 4 atom stereocenters. The first-order valence-corrected chi connectivity index (χ1v) is 10.6. The van der Waals surface area contributed by atoms with Crippen molar-refractivity contribution in [2.24, 2.45) is 18.9 Å². The molecule has 3 fully saturated rings. The molecule has 3 aliphatic heterocycles. The van der Waals surface area contributed by atoms with Crippen LogP contribution in [0.2, 0.25) is 0 Å². The van der Waals surface area contributed by atoms with Crippen molar-refractivity contribution in [2.75, 3.05) is 19.6 Å². The number of rotatable bonds is 5. The average Bonchev–Trinajstić information content (AvgIpc) is 3.41. The zero-order valence-electron chi connectivity index (χ0n) is 15.9. The summed E-state index contributed by atoms with van der Waals surface area (Å²) >= 11 is 1.89. The van der Waals surface area contributed by atoms with Crippen LogP contribution in [0, 0.1) is 18.8 Å². The van der Waals surface area contributed by atoms with Gasteiger partial charge in [0.15, 0.2) is 0 Å². The lowest BCUT2D eigenvalue weighted by Gasteiger charge is -2.29. The number of aryl methyl sites for hydroxylation is 2. The Bertz CT molecular complexity index is 862. The highest BCUT2D eigenvalue weighted by atomic mass is 32.1. The third-order valence-electron chi connectivity index (χ3n) is 6.47. The van der Waals surface area contributed by atoms with Gasteiger partial charge >= 0.3 is 0 Å². The zero-order valence-corrected chi connectivity index (χ0v) is 16.7. The van der Waals surface area contributed by atoms with Crippen molar-refractivity contribution in [1.82, 2.24) is 19.8 Å². The predicted octanol–water partition coefficient (Wildman–Crippen LogP) is 2.20. The molecule has 0 saturated carbocycles. The van der Waals surface area contributed by atoms with Crippen LogP contribution in [0.5, 0.6) is 0 Å². The summed E-state index contributed by atoms with van der Waals surface area (Å²) in [6.07, 6.45) is 5.99. The molecule has 2 aromatic heterocycles. The highest BCUT2D eigenvalue weighted by Gasteiger charge is 2.62. The lowest BCUT2D eigenvalue weighted by molar-refractivity contribution is 0.00219. The number of nitrogens with zero attached hydrogens (tertiary/aromatic N) is 3. The lowest BCUT2D eigenvalue weighted by Crippen LogP contribution is -2.42. The molecule has 0 unspecified atom stereocenters. The number of thiophene rings is 1. The van der Waals surface area contributed by atoms with E-state index in [1.807, 2.05) is 18.4 Å². The fourth-order valence-corrected chi connectivity index (χ4v) is 6.23. The summed E-state index contributed by atoms with van der Waals surface area (Å²) < 4.78 is 8.30. The molecular weight excluding hydrogens is 360 g/mol. The highest BCUT2D eigenvalue weighted by molar-refractivity contribution is 7.11. The van der Waals surface area contributed by atoms with Crippen LogP contribution in [-0.2, 0) is 18.3 Å². The molecule has 0 radical (unpaired) electrons. The van der Waals surface area contributed by atoms with Crippen LogP contribution in [0.4, 0.5) is 0 Å². The van der Waals surface area contributed by atoms with Gasteiger partial charge in [-0.1, -0.05) is 0 Å². The van der Waals surface area contributed by atoms with Crippen molar-refractivity contribution < 1.29 is 9.53 Å². The van der Waals surface area contributed by atoms with Gasteiger partial charge in [-0.05, 0) is 31.9 Å². The van der Waals surface area contributed by atoms with Crippen LogP contribution in [-0.4, -0.2) is 51.7 Å². The number of nitrogens with one attached hydrogen (secondary N) is 1. The van der Waals surface area contributed by atoms with Crippen molar-refractivity contribution in [3.8, 4) is 0 Å². The Labute approximate surface area is 163 Å². The first kappa shape index (κ1) is 17.4. The molecule has 1 amide bonds. The number of amides is 1. The van der Waals surface area contributed by atoms with Crippen molar-refractivity contribution >= 4 is 17.2 Å². The first-order valence-electron chi connectivity index (χ1n) is 9.74. The van der Waals surface area contributed by atoms with Crippen molar-refractivity contribution in [1.29, 1.82) is 0 Å². The third-order valence-corrected chi connectivity index (χ3v) is 7.45. The number of carbonyl (C=O) groups is 1. The van der Waals surface area contributed by atoms with E-state index >= 15 is 0 Å². The smallest absolute Gasteiger partial charge is 0.271 e. The second-order valence-electron chi connectivity index (χ2n) is 8.35. The van der Waals surface area contributed by atoms with Gasteiger partial charge < -0.3 is 14.6 Å². The van der Waals surface area contributed by atoms with Gasteiger partial charge in [0.25, 0.3) is 5.91 Å². The molecule has 27 heavy (non-hydrogen) atoms. The number of ether oxygens (including phenoxy) is 1. The fourth-order valence-electron chi connectivity index (χ4n) is 5.30. The van der Waals surface area contributed by atoms with Crippen molar-refractivity contribution in [3.05, 3.63) is 40.1 Å². The number of imidazole rings is 1. The van der Waals surface area contributed by atoms with Gasteiger partial charge in [0.1, 0.15) is 5.69 Å². The van der Waals surface area contributed by atoms with E-state index in [4.69, 9.17) is 4.74 Å². The van der Waals surface area contributed by atoms with Crippen LogP contribution >= 0.6 is 11.3 Å². The fraction of sp³-hybridized carbons (Fsp3) is 0.600. The first-order chi connectivity index (χ1) is 13.0. The number of hydrogen-bond acceptors (Lipinski definition) is 5. The van der Waals surface area contributed by atoms with Crippen LogP contribution in [0.1, 0.15) is 33.1 Å². The summed E-state index contributed by atoms with van der Waals surface area (Å²) in [7, 11) is 1.87. The third kappa shape index (κ3) is 3.02. The van der Waals surface area contributed by atoms with E-state index in [2.05, 4.69) is 34.3 Å². The van der Waals surface area contributed by atoms with Crippen molar-refractivity contribution in [3.63, 3.8) is 0 Å². The standard InChI is InChI=1S/C20H26N4O2S/c1-13-3-4-14(27-13)8-24-9-16-15(18-5-6-20(16,11-24)26-18)7-21-19(25)17-10-23(2)12-22-17/h3-4,10,12,15-16,18H,5-9,11H2,1-2H3,(H,21,25)/t15-,16+,18+,20+/m0/s1. The summed E-state index contributed by atoms with van der Waals surface area (Å²) in [5.74, 6) is 0.833.